The third-order valence-electron chi connectivity index (χ3n) is 4.86. The van der Waals surface area contributed by atoms with E-state index in [0.29, 0.717) is 40.0 Å². The van der Waals surface area contributed by atoms with E-state index >= 15 is 0 Å². The van der Waals surface area contributed by atoms with Gasteiger partial charge < -0.3 is 29.0 Å². The Hall–Kier alpha value is -4.46. The molecule has 0 radical (unpaired) electrons. The molecule has 3 rings (SSSR count). The van der Waals surface area contributed by atoms with Crippen LogP contribution >= 0.6 is 0 Å². The van der Waals surface area contributed by atoms with E-state index < -0.39 is 18.0 Å². The molecular formula is C27H27NO7. The zero-order chi connectivity index (χ0) is 25.2. The standard InChI is InChI=1S/C27H27NO7/c1-18(27(30)28-20-11-13-22(14-12-20)35-21-8-6-5-7-9-21)34-25(29)15-10-19-16-23(31-2)26(33-4)24(17-19)32-3/h5-18H,1-4H3,(H,28,30)/b15-10+/t18-/m1/s1. The van der Waals surface area contributed by atoms with Gasteiger partial charge >= 0.3 is 5.97 Å². The highest BCUT2D eigenvalue weighted by Gasteiger charge is 2.17. The highest BCUT2D eigenvalue weighted by atomic mass is 16.5. The minimum atomic E-state index is -1.01. The number of amides is 1. The topological polar surface area (TPSA) is 92.3 Å². The Morgan fingerprint density at radius 1 is 0.829 bits per heavy atom. The van der Waals surface area contributed by atoms with Gasteiger partial charge in [0, 0.05) is 11.8 Å². The van der Waals surface area contributed by atoms with Gasteiger partial charge in [-0.3, -0.25) is 4.79 Å². The minimum Gasteiger partial charge on any atom is -0.493 e. The molecule has 35 heavy (non-hydrogen) atoms. The molecule has 0 spiro atoms. The van der Waals surface area contributed by atoms with Crippen LogP contribution in [0, 0.1) is 0 Å². The quantitative estimate of drug-likeness (QED) is 0.321. The molecule has 1 amide bonds. The van der Waals surface area contributed by atoms with Crippen LogP contribution in [0.2, 0.25) is 0 Å². The molecule has 8 heteroatoms. The van der Waals surface area contributed by atoms with E-state index in [-0.39, 0.29) is 0 Å². The van der Waals surface area contributed by atoms with Crippen LogP contribution in [0.1, 0.15) is 12.5 Å². The van der Waals surface area contributed by atoms with Crippen molar-refractivity contribution in [2.24, 2.45) is 0 Å². The summed E-state index contributed by atoms with van der Waals surface area (Å²) in [6.07, 6.45) is 1.75. The van der Waals surface area contributed by atoms with E-state index in [1.54, 1.807) is 36.4 Å². The molecule has 0 saturated heterocycles. The first kappa shape index (κ1) is 25.2. The summed E-state index contributed by atoms with van der Waals surface area (Å²) >= 11 is 0. The average Bonchev–Trinajstić information content (AvgIpc) is 2.88. The highest BCUT2D eigenvalue weighted by molar-refractivity contribution is 5.96. The molecule has 0 fully saturated rings. The van der Waals surface area contributed by atoms with Gasteiger partial charge in [0.1, 0.15) is 11.5 Å². The van der Waals surface area contributed by atoms with Gasteiger partial charge in [-0.25, -0.2) is 4.79 Å². The predicted molar refractivity (Wildman–Crippen MR) is 132 cm³/mol. The van der Waals surface area contributed by atoms with Crippen LogP contribution in [-0.4, -0.2) is 39.3 Å². The van der Waals surface area contributed by atoms with Gasteiger partial charge in [-0.1, -0.05) is 18.2 Å². The number of hydrogen-bond acceptors (Lipinski definition) is 7. The van der Waals surface area contributed by atoms with E-state index in [2.05, 4.69) is 5.32 Å². The molecule has 0 aliphatic rings. The van der Waals surface area contributed by atoms with Gasteiger partial charge in [0.2, 0.25) is 5.75 Å². The Kier molecular flexibility index (Phi) is 8.72. The van der Waals surface area contributed by atoms with E-state index in [9.17, 15) is 9.59 Å². The SMILES string of the molecule is COc1cc(/C=C/C(=O)O[C@H](C)C(=O)Nc2ccc(Oc3ccccc3)cc2)cc(OC)c1OC. The van der Waals surface area contributed by atoms with Crippen LogP contribution in [0.15, 0.2) is 72.8 Å². The fourth-order valence-electron chi connectivity index (χ4n) is 3.10. The maximum Gasteiger partial charge on any atom is 0.331 e. The molecular weight excluding hydrogens is 450 g/mol. The van der Waals surface area contributed by atoms with Gasteiger partial charge in [-0.2, -0.15) is 0 Å². The number of ether oxygens (including phenoxy) is 5. The molecule has 0 aromatic heterocycles. The summed E-state index contributed by atoms with van der Waals surface area (Å²) in [6, 6.07) is 19.6. The summed E-state index contributed by atoms with van der Waals surface area (Å²) in [5.74, 6) is 1.56. The summed E-state index contributed by atoms with van der Waals surface area (Å²) in [6.45, 7) is 1.49. The Labute approximate surface area is 204 Å². The van der Waals surface area contributed by atoms with Gasteiger partial charge in [-0.15, -0.1) is 0 Å². The van der Waals surface area contributed by atoms with Gasteiger partial charge in [0.05, 0.1) is 21.3 Å². The summed E-state index contributed by atoms with van der Waals surface area (Å²) in [4.78, 5) is 24.7. The number of carbonyl (C=O) groups is 2. The lowest BCUT2D eigenvalue weighted by Gasteiger charge is -2.13. The van der Waals surface area contributed by atoms with Crippen molar-refractivity contribution in [2.45, 2.75) is 13.0 Å². The highest BCUT2D eigenvalue weighted by Crippen LogP contribution is 2.38. The Morgan fingerprint density at radius 2 is 1.43 bits per heavy atom. The van der Waals surface area contributed by atoms with Crippen molar-refractivity contribution < 1.29 is 33.3 Å². The molecule has 0 aliphatic heterocycles. The number of para-hydroxylation sites is 1. The van der Waals surface area contributed by atoms with E-state index in [4.69, 9.17) is 23.7 Å². The lowest BCUT2D eigenvalue weighted by molar-refractivity contribution is -0.148. The van der Waals surface area contributed by atoms with E-state index in [1.807, 2.05) is 30.3 Å². The molecule has 1 N–H and O–H groups in total. The Balaban J connectivity index is 1.55. The lowest BCUT2D eigenvalue weighted by atomic mass is 10.1. The number of rotatable bonds is 10. The number of anilines is 1. The van der Waals surface area contributed by atoms with Crippen molar-refractivity contribution in [3.63, 3.8) is 0 Å². The zero-order valence-corrected chi connectivity index (χ0v) is 19.9. The van der Waals surface area contributed by atoms with Gasteiger partial charge in [0.15, 0.2) is 17.6 Å². The molecule has 0 unspecified atom stereocenters. The third kappa shape index (κ3) is 7.01. The van der Waals surface area contributed by atoms with Crippen LogP contribution in [0.4, 0.5) is 5.69 Å². The molecule has 0 aliphatic carbocycles. The normalized spacial score (nSPS) is 11.4. The zero-order valence-electron chi connectivity index (χ0n) is 19.9. The summed E-state index contributed by atoms with van der Waals surface area (Å²) in [5, 5.41) is 2.71. The summed E-state index contributed by atoms with van der Waals surface area (Å²) < 4.78 is 26.8. The summed E-state index contributed by atoms with van der Waals surface area (Å²) in [5.41, 5.74) is 1.18. The van der Waals surface area contributed by atoms with Crippen LogP contribution in [0.3, 0.4) is 0 Å². The first-order chi connectivity index (χ1) is 16.9. The average molecular weight is 478 g/mol. The second kappa shape index (κ2) is 12.1. The molecule has 8 nitrogen and oxygen atoms in total. The fraction of sp³-hybridized carbons (Fsp3) is 0.185. The van der Waals surface area contributed by atoms with Gasteiger partial charge in [-0.05, 0) is 67.1 Å². The van der Waals surface area contributed by atoms with Crippen LogP contribution in [0.5, 0.6) is 28.7 Å². The molecule has 0 saturated carbocycles. The first-order valence-corrected chi connectivity index (χ1v) is 10.8. The first-order valence-electron chi connectivity index (χ1n) is 10.8. The molecule has 3 aromatic carbocycles. The van der Waals surface area contributed by atoms with Crippen LogP contribution in [-0.2, 0) is 14.3 Å². The van der Waals surface area contributed by atoms with Crippen molar-refractivity contribution in [1.82, 2.24) is 0 Å². The van der Waals surface area contributed by atoms with E-state index in [1.165, 1.54) is 40.4 Å². The second-order valence-electron chi connectivity index (χ2n) is 7.30. The fourth-order valence-corrected chi connectivity index (χ4v) is 3.10. The Morgan fingerprint density at radius 3 is 2.00 bits per heavy atom. The number of nitrogens with one attached hydrogen (secondary N) is 1. The third-order valence-corrected chi connectivity index (χ3v) is 4.86. The van der Waals surface area contributed by atoms with Crippen molar-refractivity contribution in [3.05, 3.63) is 78.4 Å². The number of benzene rings is 3. The van der Waals surface area contributed by atoms with Gasteiger partial charge in [0.25, 0.3) is 5.91 Å². The number of carbonyl (C=O) groups excluding carboxylic acids is 2. The molecule has 3 aromatic rings. The minimum absolute atomic E-state index is 0.444. The van der Waals surface area contributed by atoms with Crippen molar-refractivity contribution >= 4 is 23.6 Å². The molecule has 0 bridgehead atoms. The second-order valence-corrected chi connectivity index (χ2v) is 7.30. The monoisotopic (exact) mass is 477 g/mol. The van der Waals surface area contributed by atoms with Crippen LogP contribution in [0.25, 0.3) is 6.08 Å². The van der Waals surface area contributed by atoms with E-state index in [0.717, 1.165) is 0 Å². The molecule has 182 valence electrons. The van der Waals surface area contributed by atoms with Crippen molar-refractivity contribution in [3.8, 4) is 28.7 Å². The van der Waals surface area contributed by atoms with Crippen molar-refractivity contribution in [2.75, 3.05) is 26.6 Å². The van der Waals surface area contributed by atoms with Crippen LogP contribution < -0.4 is 24.3 Å². The summed E-state index contributed by atoms with van der Waals surface area (Å²) in [7, 11) is 4.51. The largest absolute Gasteiger partial charge is 0.493 e. The number of hydrogen-bond donors (Lipinski definition) is 1. The number of esters is 1. The smallest absolute Gasteiger partial charge is 0.331 e. The lowest BCUT2D eigenvalue weighted by Crippen LogP contribution is -2.29. The molecule has 0 heterocycles. The predicted octanol–water partition coefficient (Wildman–Crippen LogP) is 5.09. The maximum atomic E-state index is 12.4. The maximum absolute atomic E-state index is 12.4. The number of methoxy groups -OCH3 is 3. The molecule has 1 atom stereocenters. The Bertz CT molecular complexity index is 1150. The van der Waals surface area contributed by atoms with Crippen molar-refractivity contribution in [1.29, 1.82) is 0 Å².